The second-order valence-corrected chi connectivity index (χ2v) is 8.79. The highest BCUT2D eigenvalue weighted by molar-refractivity contribution is 7.10. The Balaban J connectivity index is 1.25. The van der Waals surface area contributed by atoms with Crippen molar-refractivity contribution in [2.45, 2.75) is 18.9 Å². The van der Waals surface area contributed by atoms with Crippen LogP contribution in [0.15, 0.2) is 72.2 Å². The normalized spacial score (nSPS) is 16.5. The molecule has 2 aromatic carbocycles. The fraction of sp³-hybridized carbons (Fsp3) is 0.240. The molecule has 0 saturated heterocycles. The van der Waals surface area contributed by atoms with Crippen LogP contribution in [0.4, 0.5) is 0 Å². The Morgan fingerprint density at radius 2 is 1.93 bits per heavy atom. The van der Waals surface area contributed by atoms with Crippen molar-refractivity contribution in [2.75, 3.05) is 19.6 Å². The molecule has 4 aromatic rings. The monoisotopic (exact) mass is 415 g/mol. The summed E-state index contributed by atoms with van der Waals surface area (Å²) in [4.78, 5) is 19.8. The molecule has 0 saturated carbocycles. The van der Waals surface area contributed by atoms with E-state index >= 15 is 0 Å². The van der Waals surface area contributed by atoms with Gasteiger partial charge >= 0.3 is 0 Å². The van der Waals surface area contributed by atoms with E-state index < -0.39 is 0 Å². The van der Waals surface area contributed by atoms with Gasteiger partial charge in [-0.25, -0.2) is 0 Å². The van der Waals surface area contributed by atoms with Gasteiger partial charge in [-0.15, -0.1) is 11.3 Å². The molecular formula is C25H25N3OS. The van der Waals surface area contributed by atoms with Crippen LogP contribution < -0.4 is 5.32 Å². The number of rotatable bonds is 6. The van der Waals surface area contributed by atoms with E-state index in [-0.39, 0.29) is 11.9 Å². The van der Waals surface area contributed by atoms with Crippen LogP contribution in [-0.2, 0) is 17.6 Å². The molecule has 0 radical (unpaired) electrons. The maximum atomic E-state index is 12.8. The summed E-state index contributed by atoms with van der Waals surface area (Å²) in [6, 6.07) is 21.2. The van der Waals surface area contributed by atoms with Crippen LogP contribution in [0.2, 0.25) is 0 Å². The SMILES string of the molecule is O=C(CN1CCc2sccc2[C@@H]1c1ccccc1)NCCc1c[nH]c2ccccc12. The number of fused-ring (bicyclic) bond motifs is 2. The Hall–Kier alpha value is -2.89. The number of para-hydroxylation sites is 1. The Kier molecular flexibility index (Phi) is 5.39. The average molecular weight is 416 g/mol. The second-order valence-electron chi connectivity index (χ2n) is 7.79. The van der Waals surface area contributed by atoms with Crippen LogP contribution in [-0.4, -0.2) is 35.4 Å². The van der Waals surface area contributed by atoms with Gasteiger partial charge in [-0.05, 0) is 47.0 Å². The van der Waals surface area contributed by atoms with Crippen molar-refractivity contribution in [1.82, 2.24) is 15.2 Å². The second kappa shape index (κ2) is 8.46. The Labute approximate surface area is 180 Å². The van der Waals surface area contributed by atoms with Crippen molar-refractivity contribution in [1.29, 1.82) is 0 Å². The number of nitrogens with one attached hydrogen (secondary N) is 2. The summed E-state index contributed by atoms with van der Waals surface area (Å²) >= 11 is 1.83. The molecule has 0 aliphatic carbocycles. The third kappa shape index (κ3) is 3.78. The van der Waals surface area contributed by atoms with Crippen LogP contribution in [0, 0.1) is 0 Å². The molecule has 152 valence electrons. The zero-order valence-electron chi connectivity index (χ0n) is 16.8. The minimum atomic E-state index is 0.0921. The maximum Gasteiger partial charge on any atom is 0.234 e. The van der Waals surface area contributed by atoms with Gasteiger partial charge in [0.15, 0.2) is 0 Å². The molecular weight excluding hydrogens is 390 g/mol. The van der Waals surface area contributed by atoms with Gasteiger partial charge in [0.25, 0.3) is 0 Å². The quantitative estimate of drug-likeness (QED) is 0.486. The van der Waals surface area contributed by atoms with Crippen molar-refractivity contribution >= 4 is 28.1 Å². The molecule has 0 fully saturated rings. The molecule has 30 heavy (non-hydrogen) atoms. The molecule has 5 heteroatoms. The lowest BCUT2D eigenvalue weighted by atomic mass is 9.93. The number of aromatic nitrogens is 1. The minimum Gasteiger partial charge on any atom is -0.361 e. The summed E-state index contributed by atoms with van der Waals surface area (Å²) < 4.78 is 0. The molecule has 1 aliphatic rings. The number of H-pyrrole nitrogens is 1. The first-order chi connectivity index (χ1) is 14.8. The number of amides is 1. The van der Waals surface area contributed by atoms with Crippen LogP contribution in [0.25, 0.3) is 10.9 Å². The molecule has 0 unspecified atom stereocenters. The molecule has 1 aliphatic heterocycles. The summed E-state index contributed by atoms with van der Waals surface area (Å²) in [7, 11) is 0. The molecule has 2 aromatic heterocycles. The van der Waals surface area contributed by atoms with Gasteiger partial charge in [0, 0.05) is 35.1 Å². The van der Waals surface area contributed by atoms with E-state index in [0.29, 0.717) is 13.1 Å². The van der Waals surface area contributed by atoms with Gasteiger partial charge < -0.3 is 10.3 Å². The number of hydrogen-bond donors (Lipinski definition) is 2. The van der Waals surface area contributed by atoms with E-state index in [2.05, 4.69) is 69.1 Å². The first kappa shape index (κ1) is 19.1. The van der Waals surface area contributed by atoms with Crippen LogP contribution >= 0.6 is 11.3 Å². The summed E-state index contributed by atoms with van der Waals surface area (Å²) in [5.41, 5.74) is 4.99. The highest BCUT2D eigenvalue weighted by atomic mass is 32.1. The first-order valence-electron chi connectivity index (χ1n) is 10.5. The number of thiophene rings is 1. The maximum absolute atomic E-state index is 12.8. The summed E-state index contributed by atoms with van der Waals surface area (Å²) in [5.74, 6) is 0.0921. The lowest BCUT2D eigenvalue weighted by Gasteiger charge is -2.35. The summed E-state index contributed by atoms with van der Waals surface area (Å²) in [6.07, 6.45) is 3.89. The van der Waals surface area contributed by atoms with E-state index in [1.807, 2.05) is 29.7 Å². The smallest absolute Gasteiger partial charge is 0.234 e. The number of carbonyl (C=O) groups is 1. The fourth-order valence-electron chi connectivity index (χ4n) is 4.48. The van der Waals surface area contributed by atoms with Gasteiger partial charge in [0.05, 0.1) is 12.6 Å². The van der Waals surface area contributed by atoms with Gasteiger partial charge in [0.1, 0.15) is 0 Å². The van der Waals surface area contributed by atoms with Gasteiger partial charge in [-0.2, -0.15) is 0 Å². The first-order valence-corrected chi connectivity index (χ1v) is 11.3. The minimum absolute atomic E-state index is 0.0921. The molecule has 1 amide bonds. The van der Waals surface area contributed by atoms with Crippen LogP contribution in [0.1, 0.15) is 27.6 Å². The highest BCUT2D eigenvalue weighted by Crippen LogP contribution is 2.37. The molecule has 2 N–H and O–H groups in total. The van der Waals surface area contributed by atoms with Crippen molar-refractivity contribution in [3.05, 3.63) is 93.8 Å². The van der Waals surface area contributed by atoms with E-state index in [4.69, 9.17) is 0 Å². The Morgan fingerprint density at radius 3 is 2.83 bits per heavy atom. The summed E-state index contributed by atoms with van der Waals surface area (Å²) in [6.45, 7) is 1.97. The molecule has 5 rings (SSSR count). The Bertz CT molecular complexity index is 1150. The lowest BCUT2D eigenvalue weighted by Crippen LogP contribution is -2.43. The van der Waals surface area contributed by atoms with Crippen molar-refractivity contribution in [3.8, 4) is 0 Å². The zero-order chi connectivity index (χ0) is 20.3. The van der Waals surface area contributed by atoms with Gasteiger partial charge in [0.2, 0.25) is 5.91 Å². The number of aromatic amines is 1. The van der Waals surface area contributed by atoms with E-state index in [1.165, 1.54) is 27.0 Å². The van der Waals surface area contributed by atoms with Crippen molar-refractivity contribution < 1.29 is 4.79 Å². The fourth-order valence-corrected chi connectivity index (χ4v) is 5.38. The van der Waals surface area contributed by atoms with Crippen molar-refractivity contribution in [2.24, 2.45) is 0 Å². The predicted octanol–water partition coefficient (Wildman–Crippen LogP) is 4.54. The number of carbonyl (C=O) groups excluding carboxylic acids is 1. The molecule has 4 nitrogen and oxygen atoms in total. The van der Waals surface area contributed by atoms with E-state index in [1.54, 1.807) is 0 Å². The average Bonchev–Trinajstić information content (AvgIpc) is 3.41. The van der Waals surface area contributed by atoms with Crippen LogP contribution in [0.3, 0.4) is 0 Å². The Morgan fingerprint density at radius 1 is 1.10 bits per heavy atom. The number of hydrogen-bond acceptors (Lipinski definition) is 3. The zero-order valence-corrected chi connectivity index (χ0v) is 17.6. The van der Waals surface area contributed by atoms with Gasteiger partial charge in [-0.1, -0.05) is 48.5 Å². The lowest BCUT2D eigenvalue weighted by molar-refractivity contribution is -0.122. The molecule has 3 heterocycles. The third-order valence-electron chi connectivity index (χ3n) is 5.92. The highest BCUT2D eigenvalue weighted by Gasteiger charge is 2.30. The predicted molar refractivity (Wildman–Crippen MR) is 123 cm³/mol. The third-order valence-corrected chi connectivity index (χ3v) is 6.92. The topological polar surface area (TPSA) is 48.1 Å². The standard InChI is InChI=1S/C25H25N3OS/c29-24(26-13-10-19-16-27-22-9-5-4-8-20(19)22)17-28-14-11-23-21(12-15-30-23)25(28)18-6-2-1-3-7-18/h1-9,12,15-16,25,27H,10-11,13-14,17H2,(H,26,29)/t25-/m0/s1. The van der Waals surface area contributed by atoms with Gasteiger partial charge in [-0.3, -0.25) is 9.69 Å². The molecule has 0 bridgehead atoms. The van der Waals surface area contributed by atoms with E-state index in [9.17, 15) is 4.79 Å². The molecule has 0 spiro atoms. The van der Waals surface area contributed by atoms with Crippen LogP contribution in [0.5, 0.6) is 0 Å². The van der Waals surface area contributed by atoms with Crippen molar-refractivity contribution in [3.63, 3.8) is 0 Å². The number of benzene rings is 2. The largest absolute Gasteiger partial charge is 0.361 e. The van der Waals surface area contributed by atoms with E-state index in [0.717, 1.165) is 24.9 Å². The summed E-state index contributed by atoms with van der Waals surface area (Å²) in [5, 5.41) is 6.54. The number of nitrogens with zero attached hydrogens (tertiary/aromatic N) is 1. The molecule has 1 atom stereocenters.